The molecule has 8 nitrogen and oxygen atoms in total. The zero-order valence-corrected chi connectivity index (χ0v) is 11.1. The minimum Gasteiger partial charge on any atom is -0.473 e. The fraction of sp³-hybridized carbons (Fsp3) is 0.800. The van der Waals surface area contributed by atoms with Gasteiger partial charge in [-0.05, 0) is 12.8 Å². The molecule has 0 atom stereocenters. The SMILES string of the molecule is CCCCNN.CCCCNN.O=C(O)C(=O)O. The zero-order valence-electron chi connectivity index (χ0n) is 11.1. The van der Waals surface area contributed by atoms with Gasteiger partial charge in [-0.15, -0.1) is 0 Å². The van der Waals surface area contributed by atoms with Gasteiger partial charge in [-0.3, -0.25) is 22.5 Å². The molecule has 0 amide bonds. The topological polar surface area (TPSA) is 151 Å². The summed E-state index contributed by atoms with van der Waals surface area (Å²) in [5, 5.41) is 14.8. The lowest BCUT2D eigenvalue weighted by atomic mass is 10.3. The Kier molecular flexibility index (Phi) is 25.8. The van der Waals surface area contributed by atoms with Crippen LogP contribution in [0.3, 0.4) is 0 Å². The second-order valence-electron chi connectivity index (χ2n) is 3.23. The van der Waals surface area contributed by atoms with Crippen molar-refractivity contribution in [2.24, 2.45) is 11.7 Å². The third-order valence-corrected chi connectivity index (χ3v) is 1.53. The highest BCUT2D eigenvalue weighted by atomic mass is 16.4. The number of hydrogen-bond donors (Lipinski definition) is 6. The first-order valence-corrected chi connectivity index (χ1v) is 5.80. The fourth-order valence-corrected chi connectivity index (χ4v) is 0.558. The summed E-state index contributed by atoms with van der Waals surface area (Å²) < 4.78 is 0. The Morgan fingerprint density at radius 2 is 1.17 bits per heavy atom. The van der Waals surface area contributed by atoms with Crippen molar-refractivity contribution >= 4 is 11.9 Å². The maximum atomic E-state index is 9.10. The van der Waals surface area contributed by atoms with Crippen molar-refractivity contribution < 1.29 is 19.8 Å². The first-order chi connectivity index (χ1) is 8.47. The van der Waals surface area contributed by atoms with Gasteiger partial charge in [0.05, 0.1) is 0 Å². The third kappa shape index (κ3) is 36.4. The number of carboxylic acids is 2. The van der Waals surface area contributed by atoms with Crippen LogP contribution in [0.5, 0.6) is 0 Å². The number of aliphatic carboxylic acids is 2. The summed E-state index contributed by atoms with van der Waals surface area (Å²) in [4.78, 5) is 18.2. The average Bonchev–Trinajstić information content (AvgIpc) is 2.35. The molecule has 0 aromatic rings. The minimum absolute atomic E-state index is 0.941. The molecular formula is C10H26N4O4. The Labute approximate surface area is 108 Å². The summed E-state index contributed by atoms with van der Waals surface area (Å²) in [6, 6.07) is 0. The van der Waals surface area contributed by atoms with Gasteiger partial charge in [0.15, 0.2) is 0 Å². The zero-order chi connectivity index (χ0) is 14.8. The van der Waals surface area contributed by atoms with Crippen molar-refractivity contribution in [3.8, 4) is 0 Å². The van der Waals surface area contributed by atoms with E-state index in [1.54, 1.807) is 0 Å². The molecule has 0 fully saturated rings. The molecule has 0 saturated carbocycles. The minimum atomic E-state index is -1.82. The molecule has 0 aliphatic carbocycles. The quantitative estimate of drug-likeness (QED) is 0.165. The van der Waals surface area contributed by atoms with Crippen LogP contribution in [-0.4, -0.2) is 35.2 Å². The molecule has 0 rings (SSSR count). The van der Waals surface area contributed by atoms with Gasteiger partial charge in [-0.2, -0.15) is 0 Å². The smallest absolute Gasteiger partial charge is 0.414 e. The van der Waals surface area contributed by atoms with E-state index in [9.17, 15) is 0 Å². The van der Waals surface area contributed by atoms with Crippen molar-refractivity contribution in [2.45, 2.75) is 39.5 Å². The van der Waals surface area contributed by atoms with Gasteiger partial charge in [-0.1, -0.05) is 26.7 Å². The van der Waals surface area contributed by atoms with Crippen LogP contribution in [0.4, 0.5) is 0 Å². The van der Waals surface area contributed by atoms with Gasteiger partial charge in [0.1, 0.15) is 0 Å². The standard InChI is InChI=1S/2C4H12N2.C2H2O4/c2*1-2-3-4-6-5;3-1(4)2(5)6/h2*6H,2-5H2,1H3;(H,3,4)(H,5,6). The van der Waals surface area contributed by atoms with Crippen LogP contribution in [0.2, 0.25) is 0 Å². The molecule has 0 spiro atoms. The second kappa shape index (κ2) is 21.1. The van der Waals surface area contributed by atoms with Gasteiger partial charge < -0.3 is 10.2 Å². The molecule has 18 heavy (non-hydrogen) atoms. The van der Waals surface area contributed by atoms with Crippen molar-refractivity contribution in [1.29, 1.82) is 0 Å². The van der Waals surface area contributed by atoms with E-state index in [0.717, 1.165) is 13.1 Å². The molecule has 0 radical (unpaired) electrons. The first-order valence-electron chi connectivity index (χ1n) is 5.80. The molecule has 0 aliphatic rings. The Morgan fingerprint density at radius 3 is 1.22 bits per heavy atom. The summed E-state index contributed by atoms with van der Waals surface area (Å²) in [6.07, 6.45) is 4.78. The van der Waals surface area contributed by atoms with E-state index in [0.29, 0.717) is 0 Å². The molecule has 0 aromatic carbocycles. The summed E-state index contributed by atoms with van der Waals surface area (Å²) in [6.45, 7) is 6.15. The van der Waals surface area contributed by atoms with Crippen LogP contribution >= 0.6 is 0 Å². The predicted octanol–water partition coefficient (Wildman–Crippen LogP) is -0.345. The number of carboxylic acid groups (broad SMARTS) is 2. The van der Waals surface area contributed by atoms with Crippen LogP contribution in [0.15, 0.2) is 0 Å². The molecule has 0 aromatic heterocycles. The normalized spacial score (nSPS) is 8.44. The first kappa shape index (κ1) is 22.0. The molecule has 8 N–H and O–H groups in total. The Balaban J connectivity index is -0.000000187. The lowest BCUT2D eigenvalue weighted by molar-refractivity contribution is -0.159. The van der Waals surface area contributed by atoms with Gasteiger partial charge in [-0.25, -0.2) is 9.59 Å². The van der Waals surface area contributed by atoms with Crippen LogP contribution in [-0.2, 0) is 9.59 Å². The molecule has 0 saturated heterocycles. The number of rotatable bonds is 6. The largest absolute Gasteiger partial charge is 0.473 e. The Bertz CT molecular complexity index is 163. The van der Waals surface area contributed by atoms with Crippen molar-refractivity contribution in [3.63, 3.8) is 0 Å². The maximum Gasteiger partial charge on any atom is 0.414 e. The van der Waals surface area contributed by atoms with E-state index in [-0.39, 0.29) is 0 Å². The second-order valence-corrected chi connectivity index (χ2v) is 3.23. The van der Waals surface area contributed by atoms with Crippen LogP contribution in [0.25, 0.3) is 0 Å². The average molecular weight is 266 g/mol. The summed E-state index contributed by atoms with van der Waals surface area (Å²) >= 11 is 0. The van der Waals surface area contributed by atoms with E-state index in [1.165, 1.54) is 25.7 Å². The van der Waals surface area contributed by atoms with E-state index < -0.39 is 11.9 Å². The van der Waals surface area contributed by atoms with Gasteiger partial charge in [0.25, 0.3) is 0 Å². The van der Waals surface area contributed by atoms with Crippen molar-refractivity contribution in [2.75, 3.05) is 13.1 Å². The predicted molar refractivity (Wildman–Crippen MR) is 69.5 cm³/mol. The van der Waals surface area contributed by atoms with Crippen molar-refractivity contribution in [1.82, 2.24) is 10.9 Å². The highest BCUT2D eigenvalue weighted by Gasteiger charge is 2.04. The summed E-state index contributed by atoms with van der Waals surface area (Å²) in [5.41, 5.74) is 5.14. The number of nitrogens with one attached hydrogen (secondary N) is 2. The van der Waals surface area contributed by atoms with Gasteiger partial charge >= 0.3 is 11.9 Å². The van der Waals surface area contributed by atoms with Crippen molar-refractivity contribution in [3.05, 3.63) is 0 Å². The molecule has 110 valence electrons. The molecule has 0 unspecified atom stereocenters. The summed E-state index contributed by atoms with van der Waals surface area (Å²) in [7, 11) is 0. The van der Waals surface area contributed by atoms with E-state index in [4.69, 9.17) is 31.5 Å². The molecule has 0 aliphatic heterocycles. The van der Waals surface area contributed by atoms with E-state index in [1.807, 2.05) is 0 Å². The van der Waals surface area contributed by atoms with Crippen LogP contribution in [0, 0.1) is 0 Å². The third-order valence-electron chi connectivity index (χ3n) is 1.53. The number of nitrogens with two attached hydrogens (primary N) is 2. The Morgan fingerprint density at radius 1 is 0.889 bits per heavy atom. The lowest BCUT2D eigenvalue weighted by Gasteiger charge is -1.89. The van der Waals surface area contributed by atoms with Crippen LogP contribution in [0.1, 0.15) is 39.5 Å². The summed E-state index contributed by atoms with van der Waals surface area (Å²) in [5.74, 6) is 6.28. The van der Waals surface area contributed by atoms with E-state index >= 15 is 0 Å². The molecule has 0 heterocycles. The van der Waals surface area contributed by atoms with E-state index in [2.05, 4.69) is 24.7 Å². The monoisotopic (exact) mass is 266 g/mol. The van der Waals surface area contributed by atoms with Crippen LogP contribution < -0.4 is 22.5 Å². The van der Waals surface area contributed by atoms with Gasteiger partial charge in [0, 0.05) is 13.1 Å². The maximum absolute atomic E-state index is 9.10. The number of hydrogen-bond acceptors (Lipinski definition) is 6. The highest BCUT2D eigenvalue weighted by Crippen LogP contribution is 1.79. The number of hydrazine groups is 2. The highest BCUT2D eigenvalue weighted by molar-refractivity contribution is 6.27. The Hall–Kier alpha value is -1.22. The lowest BCUT2D eigenvalue weighted by Crippen LogP contribution is -2.22. The number of unbranched alkanes of at least 4 members (excludes halogenated alkanes) is 2. The molecular weight excluding hydrogens is 240 g/mol. The fourth-order valence-electron chi connectivity index (χ4n) is 0.558. The number of carbonyl (C=O) groups is 2. The van der Waals surface area contributed by atoms with Gasteiger partial charge in [0.2, 0.25) is 0 Å². The molecule has 8 heteroatoms. The molecule has 0 bridgehead atoms.